The van der Waals surface area contributed by atoms with Gasteiger partial charge in [-0.2, -0.15) is 0 Å². The molecule has 1 N–H and O–H groups in total. The number of para-hydroxylation sites is 1. The molecule has 2 aromatic rings. The molecule has 2 aliphatic heterocycles. The van der Waals surface area contributed by atoms with Gasteiger partial charge < -0.3 is 14.7 Å². The molecule has 0 aliphatic carbocycles. The number of aromatic nitrogens is 1. The summed E-state index contributed by atoms with van der Waals surface area (Å²) in [6.45, 7) is 3.77. The summed E-state index contributed by atoms with van der Waals surface area (Å²) in [5, 5.41) is 9.72. The number of benzene rings is 1. The molecule has 0 unspecified atom stereocenters. The van der Waals surface area contributed by atoms with Crippen molar-refractivity contribution >= 4 is 5.91 Å². The number of nitrogens with zero attached hydrogens (tertiary/aromatic N) is 3. The SMILES string of the molecule is O=C(c1ccccc1OC1CCN(Cc2ccccn2)CC1)N1CC[C@@H](O)C1. The number of hydrogen-bond donors (Lipinski definition) is 1. The van der Waals surface area contributed by atoms with Crippen molar-refractivity contribution in [3.05, 3.63) is 59.9 Å². The molecule has 6 heteroatoms. The molecule has 0 bridgehead atoms. The predicted molar refractivity (Wildman–Crippen MR) is 106 cm³/mol. The molecule has 2 fully saturated rings. The number of hydrogen-bond acceptors (Lipinski definition) is 5. The molecule has 1 atom stereocenters. The van der Waals surface area contributed by atoms with Crippen LogP contribution < -0.4 is 4.74 Å². The van der Waals surface area contributed by atoms with Crippen molar-refractivity contribution in [1.82, 2.24) is 14.8 Å². The Balaban J connectivity index is 1.35. The summed E-state index contributed by atoms with van der Waals surface area (Å²) in [6, 6.07) is 13.5. The fraction of sp³-hybridized carbons (Fsp3) is 0.455. The normalized spacial score (nSPS) is 21.0. The Labute approximate surface area is 165 Å². The zero-order valence-corrected chi connectivity index (χ0v) is 16.0. The van der Waals surface area contributed by atoms with Gasteiger partial charge in [0, 0.05) is 38.9 Å². The monoisotopic (exact) mass is 381 g/mol. The van der Waals surface area contributed by atoms with Crippen LogP contribution in [-0.2, 0) is 6.54 Å². The third-order valence-electron chi connectivity index (χ3n) is 5.51. The third-order valence-corrected chi connectivity index (χ3v) is 5.51. The lowest BCUT2D eigenvalue weighted by atomic mass is 10.1. The number of likely N-dealkylation sites (tertiary alicyclic amines) is 2. The van der Waals surface area contributed by atoms with Gasteiger partial charge in [0.1, 0.15) is 11.9 Å². The first-order valence-corrected chi connectivity index (χ1v) is 10.0. The van der Waals surface area contributed by atoms with Crippen LogP contribution in [0, 0.1) is 0 Å². The number of β-amino-alcohol motifs (C(OH)–C–C–N with tert-alkyl or cyclic N) is 1. The molecule has 0 radical (unpaired) electrons. The first kappa shape index (κ1) is 18.9. The van der Waals surface area contributed by atoms with Crippen molar-refractivity contribution in [2.24, 2.45) is 0 Å². The van der Waals surface area contributed by atoms with Gasteiger partial charge in [0.25, 0.3) is 5.91 Å². The van der Waals surface area contributed by atoms with Gasteiger partial charge in [-0.25, -0.2) is 0 Å². The molecule has 1 aromatic carbocycles. The van der Waals surface area contributed by atoms with Gasteiger partial charge in [0.2, 0.25) is 0 Å². The van der Waals surface area contributed by atoms with Crippen molar-refractivity contribution in [3.63, 3.8) is 0 Å². The van der Waals surface area contributed by atoms with Crippen LogP contribution in [0.4, 0.5) is 0 Å². The highest BCUT2D eigenvalue weighted by Gasteiger charge is 2.28. The van der Waals surface area contributed by atoms with Crippen LogP contribution in [0.15, 0.2) is 48.7 Å². The number of rotatable bonds is 5. The van der Waals surface area contributed by atoms with Crippen LogP contribution in [-0.4, -0.2) is 64.2 Å². The van der Waals surface area contributed by atoms with E-state index in [1.807, 2.05) is 42.6 Å². The van der Waals surface area contributed by atoms with Crippen molar-refractivity contribution in [3.8, 4) is 5.75 Å². The topological polar surface area (TPSA) is 65.9 Å². The van der Waals surface area contributed by atoms with Crippen LogP contribution >= 0.6 is 0 Å². The lowest BCUT2D eigenvalue weighted by molar-refractivity contribution is 0.0739. The standard InChI is InChI=1S/C22H27N3O3/c26-18-8-14-25(16-18)22(27)20-6-1-2-7-21(20)28-19-9-12-24(13-10-19)15-17-5-3-4-11-23-17/h1-7,11,18-19,26H,8-10,12-16H2/t18-/m1/s1. The molecular weight excluding hydrogens is 354 g/mol. The Morgan fingerprint density at radius 2 is 1.86 bits per heavy atom. The number of ether oxygens (including phenoxy) is 1. The van der Waals surface area contributed by atoms with Crippen molar-refractivity contribution in [2.75, 3.05) is 26.2 Å². The fourth-order valence-electron chi connectivity index (χ4n) is 3.93. The first-order chi connectivity index (χ1) is 13.7. The number of aliphatic hydroxyl groups excluding tert-OH is 1. The smallest absolute Gasteiger partial charge is 0.257 e. The maximum Gasteiger partial charge on any atom is 0.257 e. The van der Waals surface area contributed by atoms with Crippen LogP contribution in [0.25, 0.3) is 0 Å². The van der Waals surface area contributed by atoms with E-state index in [1.54, 1.807) is 4.90 Å². The highest BCUT2D eigenvalue weighted by molar-refractivity contribution is 5.97. The highest BCUT2D eigenvalue weighted by Crippen LogP contribution is 2.26. The van der Waals surface area contributed by atoms with Gasteiger partial charge in [-0.15, -0.1) is 0 Å². The molecule has 1 aromatic heterocycles. The van der Waals surface area contributed by atoms with E-state index in [-0.39, 0.29) is 12.0 Å². The number of carbonyl (C=O) groups is 1. The van der Waals surface area contributed by atoms with E-state index in [1.165, 1.54) is 0 Å². The lowest BCUT2D eigenvalue weighted by Gasteiger charge is -2.32. The largest absolute Gasteiger partial charge is 0.489 e. The Morgan fingerprint density at radius 3 is 2.57 bits per heavy atom. The average molecular weight is 381 g/mol. The van der Waals surface area contributed by atoms with Crippen LogP contribution in [0.5, 0.6) is 5.75 Å². The van der Waals surface area contributed by atoms with E-state index in [0.717, 1.165) is 38.2 Å². The number of amides is 1. The number of pyridine rings is 1. The maximum absolute atomic E-state index is 12.8. The zero-order valence-electron chi connectivity index (χ0n) is 16.0. The maximum atomic E-state index is 12.8. The van der Waals surface area contributed by atoms with Crippen molar-refractivity contribution < 1.29 is 14.6 Å². The Morgan fingerprint density at radius 1 is 1.07 bits per heavy atom. The minimum atomic E-state index is -0.416. The molecule has 2 aliphatic rings. The van der Waals surface area contributed by atoms with Gasteiger partial charge in [-0.1, -0.05) is 18.2 Å². The minimum absolute atomic E-state index is 0.0558. The second kappa shape index (κ2) is 8.71. The molecule has 28 heavy (non-hydrogen) atoms. The molecule has 1 amide bonds. The van der Waals surface area contributed by atoms with E-state index in [2.05, 4.69) is 16.0 Å². The number of piperidine rings is 1. The second-order valence-corrected chi connectivity index (χ2v) is 7.60. The average Bonchev–Trinajstić information content (AvgIpc) is 3.16. The van der Waals surface area contributed by atoms with Crippen molar-refractivity contribution in [2.45, 2.75) is 38.0 Å². The zero-order chi connectivity index (χ0) is 19.3. The Kier molecular flexibility index (Phi) is 5.88. The summed E-state index contributed by atoms with van der Waals surface area (Å²) in [5.41, 5.74) is 1.68. The van der Waals surface area contributed by atoms with E-state index in [0.29, 0.717) is 30.8 Å². The van der Waals surface area contributed by atoms with E-state index in [9.17, 15) is 9.90 Å². The van der Waals surface area contributed by atoms with E-state index in [4.69, 9.17) is 4.74 Å². The molecule has 6 nitrogen and oxygen atoms in total. The van der Waals surface area contributed by atoms with Crippen LogP contribution in [0.1, 0.15) is 35.3 Å². The molecule has 148 valence electrons. The first-order valence-electron chi connectivity index (χ1n) is 10.0. The summed E-state index contributed by atoms with van der Waals surface area (Å²) in [4.78, 5) is 21.3. The summed E-state index contributed by atoms with van der Waals surface area (Å²) in [5.74, 6) is 0.594. The lowest BCUT2D eigenvalue weighted by Crippen LogP contribution is -2.38. The van der Waals surface area contributed by atoms with Crippen LogP contribution in [0.2, 0.25) is 0 Å². The van der Waals surface area contributed by atoms with Gasteiger partial charge in [0.05, 0.1) is 17.4 Å². The van der Waals surface area contributed by atoms with Crippen molar-refractivity contribution in [1.29, 1.82) is 0 Å². The molecule has 2 saturated heterocycles. The molecule has 4 rings (SSSR count). The van der Waals surface area contributed by atoms with E-state index >= 15 is 0 Å². The Bertz CT molecular complexity index is 791. The summed E-state index contributed by atoms with van der Waals surface area (Å²) in [7, 11) is 0. The van der Waals surface area contributed by atoms with Gasteiger partial charge >= 0.3 is 0 Å². The minimum Gasteiger partial charge on any atom is -0.489 e. The van der Waals surface area contributed by atoms with Gasteiger partial charge in [-0.3, -0.25) is 14.7 Å². The molecule has 3 heterocycles. The van der Waals surface area contributed by atoms with Gasteiger partial charge in [0.15, 0.2) is 0 Å². The summed E-state index contributed by atoms with van der Waals surface area (Å²) < 4.78 is 6.24. The van der Waals surface area contributed by atoms with Gasteiger partial charge in [-0.05, 0) is 43.5 Å². The van der Waals surface area contributed by atoms with Crippen LogP contribution in [0.3, 0.4) is 0 Å². The quantitative estimate of drug-likeness (QED) is 0.861. The molecular formula is C22H27N3O3. The van der Waals surface area contributed by atoms with E-state index < -0.39 is 6.10 Å². The third kappa shape index (κ3) is 4.51. The summed E-state index contributed by atoms with van der Waals surface area (Å²) >= 11 is 0. The number of carbonyl (C=O) groups excluding carboxylic acids is 1. The predicted octanol–water partition coefficient (Wildman–Crippen LogP) is 2.33. The number of aliphatic hydroxyl groups is 1. The highest BCUT2D eigenvalue weighted by atomic mass is 16.5. The second-order valence-electron chi connectivity index (χ2n) is 7.60. The summed E-state index contributed by atoms with van der Waals surface area (Å²) in [6.07, 6.45) is 4.02. The molecule has 0 saturated carbocycles. The fourth-order valence-corrected chi connectivity index (χ4v) is 3.93. The molecule has 0 spiro atoms. The Hall–Kier alpha value is -2.44.